The maximum atomic E-state index is 13.0. The Bertz CT molecular complexity index is 1230. The lowest BCUT2D eigenvalue weighted by Gasteiger charge is -2.09. The molecule has 1 aliphatic heterocycles. The van der Waals surface area contributed by atoms with Gasteiger partial charge < -0.3 is 19.5 Å². The number of amides is 1. The topological polar surface area (TPSA) is 104 Å². The molecule has 0 atom stereocenters. The second-order valence-electron chi connectivity index (χ2n) is 7.43. The van der Waals surface area contributed by atoms with Crippen molar-refractivity contribution in [3.63, 3.8) is 0 Å². The minimum Gasteiger partial charge on any atom is -0.462 e. The maximum Gasteiger partial charge on any atom is 0.340 e. The number of halogens is 1. The zero-order chi connectivity index (χ0) is 24.6. The number of nitrogens with zero attached hydrogens (tertiary/aromatic N) is 1. The number of thioether (sulfide) groups is 1. The molecule has 8 nitrogen and oxygen atoms in total. The van der Waals surface area contributed by atoms with Crippen LogP contribution in [0.15, 0.2) is 65.8 Å². The zero-order valence-electron chi connectivity index (χ0n) is 18.5. The van der Waals surface area contributed by atoms with Gasteiger partial charge in [-0.2, -0.15) is 0 Å². The third-order valence-corrected chi connectivity index (χ3v) is 5.94. The predicted molar refractivity (Wildman–Crippen MR) is 126 cm³/mol. The number of pyridine rings is 1. The summed E-state index contributed by atoms with van der Waals surface area (Å²) in [7, 11) is 0. The summed E-state index contributed by atoms with van der Waals surface area (Å²) in [4.78, 5) is 41.2. The van der Waals surface area contributed by atoms with Crippen molar-refractivity contribution in [2.45, 2.75) is 17.9 Å². The summed E-state index contributed by atoms with van der Waals surface area (Å²) in [5, 5.41) is 3.13. The Kier molecular flexibility index (Phi) is 7.94. The zero-order valence-corrected chi connectivity index (χ0v) is 19.3. The molecule has 0 saturated carbocycles. The molecule has 1 aliphatic rings. The van der Waals surface area contributed by atoms with Crippen LogP contribution in [0.2, 0.25) is 0 Å². The first-order chi connectivity index (χ1) is 17.0. The van der Waals surface area contributed by atoms with Crippen LogP contribution in [0.1, 0.15) is 33.6 Å². The molecule has 0 unspecified atom stereocenters. The molecule has 0 saturated heterocycles. The van der Waals surface area contributed by atoms with Crippen molar-refractivity contribution in [3.8, 4) is 11.5 Å². The van der Waals surface area contributed by atoms with Crippen LogP contribution in [-0.2, 0) is 9.53 Å². The summed E-state index contributed by atoms with van der Waals surface area (Å²) in [6, 6.07) is 13.6. The first kappa shape index (κ1) is 24.2. The minimum atomic E-state index is -0.592. The fourth-order valence-corrected chi connectivity index (χ4v) is 4.00. The number of ether oxygens (including phenoxy) is 3. The highest BCUT2D eigenvalue weighted by molar-refractivity contribution is 8.00. The number of rotatable bonds is 10. The van der Waals surface area contributed by atoms with E-state index in [2.05, 4.69) is 10.3 Å². The SMILES string of the molecule is O=C(CSc1ncccc1C(=O)OCCCC(=O)c1ccc(F)cc1)Nc1ccc2c(c1)OCO2. The number of aromatic nitrogens is 1. The van der Waals surface area contributed by atoms with Gasteiger partial charge in [-0.3, -0.25) is 9.59 Å². The summed E-state index contributed by atoms with van der Waals surface area (Å²) >= 11 is 1.11. The lowest BCUT2D eigenvalue weighted by Crippen LogP contribution is -2.15. The van der Waals surface area contributed by atoms with Gasteiger partial charge in [-0.05, 0) is 55.0 Å². The van der Waals surface area contributed by atoms with Gasteiger partial charge in [0.25, 0.3) is 0 Å². The summed E-state index contributed by atoms with van der Waals surface area (Å²) in [6.07, 6.45) is 2.01. The highest BCUT2D eigenvalue weighted by Gasteiger charge is 2.17. The molecule has 10 heteroatoms. The number of Topliss-reactive ketones (excluding diaryl/α,β-unsaturated/α-hetero) is 1. The Hall–Kier alpha value is -3.92. The number of benzene rings is 2. The standard InChI is InChI=1S/C25H21FN2O6S/c26-17-7-5-16(6-8-17)20(29)4-2-12-32-25(31)19-3-1-11-27-24(19)35-14-23(30)28-18-9-10-21-22(13-18)34-15-33-21/h1,3,5-11,13H,2,4,12,14-15H2,(H,28,30). The smallest absolute Gasteiger partial charge is 0.340 e. The highest BCUT2D eigenvalue weighted by atomic mass is 32.2. The number of esters is 1. The molecule has 180 valence electrons. The van der Waals surface area contributed by atoms with Crippen LogP contribution in [0.4, 0.5) is 10.1 Å². The van der Waals surface area contributed by atoms with Gasteiger partial charge in [0, 0.05) is 29.9 Å². The molecular weight excluding hydrogens is 475 g/mol. The second kappa shape index (κ2) is 11.5. The van der Waals surface area contributed by atoms with Gasteiger partial charge in [0.15, 0.2) is 17.3 Å². The number of carbonyl (C=O) groups is 3. The summed E-state index contributed by atoms with van der Waals surface area (Å²) < 4.78 is 28.8. The van der Waals surface area contributed by atoms with E-state index >= 15 is 0 Å². The fraction of sp³-hybridized carbons (Fsp3) is 0.200. The van der Waals surface area contributed by atoms with Crippen LogP contribution in [0.25, 0.3) is 0 Å². The van der Waals surface area contributed by atoms with E-state index in [0.29, 0.717) is 34.2 Å². The molecule has 0 fully saturated rings. The van der Waals surface area contributed by atoms with E-state index in [1.165, 1.54) is 30.5 Å². The van der Waals surface area contributed by atoms with Crippen LogP contribution < -0.4 is 14.8 Å². The van der Waals surface area contributed by atoms with Gasteiger partial charge in [0.1, 0.15) is 10.8 Å². The van der Waals surface area contributed by atoms with Gasteiger partial charge in [-0.15, -0.1) is 0 Å². The number of hydrogen-bond acceptors (Lipinski definition) is 8. The lowest BCUT2D eigenvalue weighted by molar-refractivity contribution is -0.113. The summed E-state index contributed by atoms with van der Waals surface area (Å²) in [5.74, 6) is -0.237. The van der Waals surface area contributed by atoms with Crippen LogP contribution in [0.3, 0.4) is 0 Å². The average molecular weight is 497 g/mol. The van der Waals surface area contributed by atoms with Crippen LogP contribution in [-0.4, -0.2) is 41.8 Å². The van der Waals surface area contributed by atoms with Gasteiger partial charge in [-0.25, -0.2) is 14.2 Å². The number of ketones is 1. The molecule has 0 radical (unpaired) electrons. The van der Waals surface area contributed by atoms with E-state index in [9.17, 15) is 18.8 Å². The summed E-state index contributed by atoms with van der Waals surface area (Å²) in [5.41, 5.74) is 1.21. The van der Waals surface area contributed by atoms with Crippen LogP contribution in [0.5, 0.6) is 11.5 Å². The molecule has 1 amide bonds. The van der Waals surface area contributed by atoms with Crippen molar-refractivity contribution in [2.75, 3.05) is 24.5 Å². The van der Waals surface area contributed by atoms with E-state index in [4.69, 9.17) is 14.2 Å². The van der Waals surface area contributed by atoms with Crippen molar-refractivity contribution >= 4 is 35.1 Å². The normalized spacial score (nSPS) is 11.7. The molecule has 0 bridgehead atoms. The molecule has 3 aromatic rings. The highest BCUT2D eigenvalue weighted by Crippen LogP contribution is 2.34. The number of carbonyl (C=O) groups excluding carboxylic acids is 3. The number of anilines is 1. The Labute approximate surface area is 204 Å². The molecule has 0 spiro atoms. The van der Waals surface area contributed by atoms with E-state index in [-0.39, 0.29) is 42.8 Å². The van der Waals surface area contributed by atoms with Gasteiger partial charge in [0.2, 0.25) is 12.7 Å². The van der Waals surface area contributed by atoms with Crippen molar-refractivity contribution < 1.29 is 33.0 Å². The average Bonchev–Trinajstić information content (AvgIpc) is 3.33. The third-order valence-electron chi connectivity index (χ3n) is 4.93. The Morgan fingerprint density at radius 2 is 1.86 bits per heavy atom. The molecule has 2 heterocycles. The van der Waals surface area contributed by atoms with Crippen molar-refractivity contribution in [1.29, 1.82) is 0 Å². The van der Waals surface area contributed by atoms with E-state index in [1.807, 2.05) is 0 Å². The Morgan fingerprint density at radius 1 is 1.06 bits per heavy atom. The van der Waals surface area contributed by atoms with Crippen molar-refractivity contribution in [2.24, 2.45) is 0 Å². The molecule has 35 heavy (non-hydrogen) atoms. The monoisotopic (exact) mass is 496 g/mol. The van der Waals surface area contributed by atoms with Crippen molar-refractivity contribution in [3.05, 3.63) is 77.7 Å². The van der Waals surface area contributed by atoms with Gasteiger partial charge >= 0.3 is 5.97 Å². The van der Waals surface area contributed by atoms with E-state index < -0.39 is 11.8 Å². The molecular formula is C25H21FN2O6S. The fourth-order valence-electron chi connectivity index (χ4n) is 3.22. The first-order valence-electron chi connectivity index (χ1n) is 10.7. The van der Waals surface area contributed by atoms with Gasteiger partial charge in [0.05, 0.1) is 17.9 Å². The molecule has 2 aromatic carbocycles. The number of fused-ring (bicyclic) bond motifs is 1. The maximum absolute atomic E-state index is 13.0. The van der Waals surface area contributed by atoms with E-state index in [0.717, 1.165) is 11.8 Å². The van der Waals surface area contributed by atoms with Crippen LogP contribution >= 0.6 is 11.8 Å². The second-order valence-corrected chi connectivity index (χ2v) is 8.39. The number of nitrogens with one attached hydrogen (secondary N) is 1. The molecule has 1 aromatic heterocycles. The third kappa shape index (κ3) is 6.57. The Balaban J connectivity index is 1.24. The molecule has 0 aliphatic carbocycles. The van der Waals surface area contributed by atoms with Gasteiger partial charge in [-0.1, -0.05) is 11.8 Å². The molecule has 4 rings (SSSR count). The van der Waals surface area contributed by atoms with E-state index in [1.54, 1.807) is 30.3 Å². The minimum absolute atomic E-state index is 0.0257. The van der Waals surface area contributed by atoms with Crippen molar-refractivity contribution in [1.82, 2.24) is 4.98 Å². The predicted octanol–water partition coefficient (Wildman–Crippen LogP) is 4.50. The lowest BCUT2D eigenvalue weighted by atomic mass is 10.1. The number of hydrogen-bond donors (Lipinski definition) is 1. The molecule has 1 N–H and O–H groups in total. The first-order valence-corrected chi connectivity index (χ1v) is 11.7. The van der Waals surface area contributed by atoms with Crippen LogP contribution in [0, 0.1) is 5.82 Å². The summed E-state index contributed by atoms with van der Waals surface area (Å²) in [6.45, 7) is 0.182. The Morgan fingerprint density at radius 3 is 2.69 bits per heavy atom. The largest absolute Gasteiger partial charge is 0.462 e. The quantitative estimate of drug-likeness (QED) is 0.189.